The summed E-state index contributed by atoms with van der Waals surface area (Å²) in [5, 5.41) is 0. The van der Waals surface area contributed by atoms with Crippen LogP contribution < -0.4 is 4.72 Å². The minimum absolute atomic E-state index is 0.0489. The molecule has 0 aromatic rings. The highest BCUT2D eigenvalue weighted by molar-refractivity contribution is 7.89. The Morgan fingerprint density at radius 2 is 2.00 bits per heavy atom. The van der Waals surface area contributed by atoms with Gasteiger partial charge in [0.1, 0.15) is 6.04 Å². The lowest BCUT2D eigenvalue weighted by molar-refractivity contribution is -0.144. The van der Waals surface area contributed by atoms with Gasteiger partial charge in [-0.15, -0.1) is 0 Å². The highest BCUT2D eigenvalue weighted by atomic mass is 32.2. The lowest BCUT2D eigenvalue weighted by atomic mass is 10.4. The van der Waals surface area contributed by atoms with E-state index in [1.807, 2.05) is 6.92 Å². The Balaban J connectivity index is 4.15. The monoisotopic (exact) mass is 237 g/mol. The van der Waals surface area contributed by atoms with Gasteiger partial charge in [-0.3, -0.25) is 4.79 Å². The molecule has 0 saturated carbocycles. The first kappa shape index (κ1) is 14.4. The Morgan fingerprint density at radius 1 is 1.40 bits per heavy atom. The van der Waals surface area contributed by atoms with Gasteiger partial charge >= 0.3 is 5.97 Å². The normalized spacial score (nSPS) is 13.5. The number of rotatable bonds is 7. The van der Waals surface area contributed by atoms with E-state index in [4.69, 9.17) is 0 Å². The van der Waals surface area contributed by atoms with Crippen LogP contribution in [0, 0.1) is 0 Å². The molecule has 1 atom stereocenters. The number of hydrogen-bond donors (Lipinski definition) is 1. The number of ether oxygens (including phenoxy) is 1. The Kier molecular flexibility index (Phi) is 6.51. The first-order valence-corrected chi connectivity index (χ1v) is 6.74. The zero-order valence-electron chi connectivity index (χ0n) is 9.45. The van der Waals surface area contributed by atoms with Crippen molar-refractivity contribution in [2.45, 2.75) is 39.7 Å². The standard InChI is InChI=1S/C9H19NO4S/c1-4-6-7-15(12,13)10-8(3)9(11)14-5-2/h8,10H,4-7H2,1-3H3. The van der Waals surface area contributed by atoms with Crippen LogP contribution in [0.4, 0.5) is 0 Å². The minimum Gasteiger partial charge on any atom is -0.465 e. The third-order valence-electron chi connectivity index (χ3n) is 1.76. The Morgan fingerprint density at radius 3 is 2.47 bits per heavy atom. The van der Waals surface area contributed by atoms with Crippen LogP contribution in [0.2, 0.25) is 0 Å². The van der Waals surface area contributed by atoms with Gasteiger partial charge in [-0.1, -0.05) is 13.3 Å². The fourth-order valence-electron chi connectivity index (χ4n) is 0.978. The summed E-state index contributed by atoms with van der Waals surface area (Å²) in [6.07, 6.45) is 1.39. The van der Waals surface area contributed by atoms with E-state index < -0.39 is 22.0 Å². The van der Waals surface area contributed by atoms with Crippen molar-refractivity contribution in [2.24, 2.45) is 0 Å². The first-order chi connectivity index (χ1) is 6.93. The molecule has 0 fully saturated rings. The summed E-state index contributed by atoms with van der Waals surface area (Å²) in [6.45, 7) is 5.31. The zero-order valence-corrected chi connectivity index (χ0v) is 10.3. The predicted molar refractivity (Wildman–Crippen MR) is 57.9 cm³/mol. The van der Waals surface area contributed by atoms with Crippen molar-refractivity contribution in [1.29, 1.82) is 0 Å². The van der Waals surface area contributed by atoms with Gasteiger partial charge in [0.2, 0.25) is 10.0 Å². The van der Waals surface area contributed by atoms with Crippen LogP contribution >= 0.6 is 0 Å². The molecule has 0 radical (unpaired) electrons. The van der Waals surface area contributed by atoms with Crippen LogP contribution in [0.15, 0.2) is 0 Å². The third-order valence-corrected chi connectivity index (χ3v) is 3.30. The van der Waals surface area contributed by atoms with E-state index >= 15 is 0 Å². The molecule has 0 aromatic carbocycles. The fourth-order valence-corrected chi connectivity index (χ4v) is 2.40. The van der Waals surface area contributed by atoms with Crippen molar-refractivity contribution in [3.63, 3.8) is 0 Å². The van der Waals surface area contributed by atoms with E-state index in [2.05, 4.69) is 9.46 Å². The third kappa shape index (κ3) is 6.46. The van der Waals surface area contributed by atoms with Crippen LogP contribution in [0.1, 0.15) is 33.6 Å². The summed E-state index contributed by atoms with van der Waals surface area (Å²) < 4.78 is 29.7. The molecule has 0 heterocycles. The number of carbonyl (C=O) groups excluding carboxylic acids is 1. The lowest BCUT2D eigenvalue weighted by Gasteiger charge is -2.12. The van der Waals surface area contributed by atoms with Crippen molar-refractivity contribution in [1.82, 2.24) is 4.72 Å². The molecule has 0 aliphatic carbocycles. The summed E-state index contributed by atoms with van der Waals surface area (Å²) in [4.78, 5) is 11.1. The average molecular weight is 237 g/mol. The van der Waals surface area contributed by atoms with Crippen LogP contribution in [-0.2, 0) is 19.6 Å². The van der Waals surface area contributed by atoms with E-state index in [0.29, 0.717) is 6.42 Å². The molecule has 6 heteroatoms. The topological polar surface area (TPSA) is 72.5 Å². The summed E-state index contributed by atoms with van der Waals surface area (Å²) in [5.41, 5.74) is 0. The average Bonchev–Trinajstić information content (AvgIpc) is 2.14. The smallest absolute Gasteiger partial charge is 0.323 e. The van der Waals surface area contributed by atoms with Crippen molar-refractivity contribution >= 4 is 16.0 Å². The van der Waals surface area contributed by atoms with E-state index in [9.17, 15) is 13.2 Å². The number of hydrogen-bond acceptors (Lipinski definition) is 4. The Labute approximate surface area is 91.2 Å². The van der Waals surface area contributed by atoms with E-state index in [1.54, 1.807) is 6.92 Å². The summed E-state index contributed by atoms with van der Waals surface area (Å²) in [6, 6.07) is -0.813. The molecular formula is C9H19NO4S. The van der Waals surface area contributed by atoms with E-state index in [-0.39, 0.29) is 12.4 Å². The lowest BCUT2D eigenvalue weighted by Crippen LogP contribution is -2.40. The number of carbonyl (C=O) groups is 1. The second-order valence-corrected chi connectivity index (χ2v) is 5.14. The largest absolute Gasteiger partial charge is 0.465 e. The second kappa shape index (κ2) is 6.79. The zero-order chi connectivity index (χ0) is 11.9. The molecule has 1 unspecified atom stereocenters. The van der Waals surface area contributed by atoms with Gasteiger partial charge in [0.05, 0.1) is 12.4 Å². The van der Waals surface area contributed by atoms with Gasteiger partial charge in [-0.2, -0.15) is 0 Å². The molecule has 0 amide bonds. The molecule has 5 nitrogen and oxygen atoms in total. The quantitative estimate of drug-likeness (QED) is 0.660. The molecule has 0 aliphatic rings. The predicted octanol–water partition coefficient (Wildman–Crippen LogP) is 0.658. The number of nitrogens with one attached hydrogen (secondary N) is 1. The van der Waals surface area contributed by atoms with Gasteiger partial charge in [-0.05, 0) is 20.3 Å². The minimum atomic E-state index is -3.36. The van der Waals surface area contributed by atoms with E-state index in [1.165, 1.54) is 6.92 Å². The molecule has 0 aromatic heterocycles. The van der Waals surface area contributed by atoms with Gasteiger partial charge < -0.3 is 4.74 Å². The summed E-state index contributed by atoms with van der Waals surface area (Å²) in [5.74, 6) is -0.495. The fraction of sp³-hybridized carbons (Fsp3) is 0.889. The second-order valence-electron chi connectivity index (χ2n) is 3.26. The molecular weight excluding hydrogens is 218 g/mol. The molecule has 0 bridgehead atoms. The van der Waals surface area contributed by atoms with Gasteiger partial charge in [0.25, 0.3) is 0 Å². The Hall–Kier alpha value is -0.620. The highest BCUT2D eigenvalue weighted by Gasteiger charge is 2.20. The Bertz CT molecular complexity index is 286. The van der Waals surface area contributed by atoms with E-state index in [0.717, 1.165) is 6.42 Å². The summed E-state index contributed by atoms with van der Waals surface area (Å²) >= 11 is 0. The van der Waals surface area contributed by atoms with Gasteiger partial charge in [-0.25, -0.2) is 13.1 Å². The van der Waals surface area contributed by atoms with Crippen LogP contribution in [-0.4, -0.2) is 32.8 Å². The molecule has 1 N–H and O–H groups in total. The van der Waals surface area contributed by atoms with Crippen molar-refractivity contribution in [2.75, 3.05) is 12.4 Å². The molecule has 0 rings (SSSR count). The number of unbranched alkanes of at least 4 members (excludes halogenated alkanes) is 1. The van der Waals surface area contributed by atoms with Crippen LogP contribution in [0.5, 0.6) is 0 Å². The first-order valence-electron chi connectivity index (χ1n) is 5.09. The molecule has 0 spiro atoms. The molecule has 90 valence electrons. The SMILES string of the molecule is CCCCS(=O)(=O)NC(C)C(=O)OCC. The summed E-state index contributed by atoms with van der Waals surface area (Å²) in [7, 11) is -3.36. The van der Waals surface area contributed by atoms with Crippen LogP contribution in [0.3, 0.4) is 0 Å². The number of esters is 1. The molecule has 0 aliphatic heterocycles. The maximum Gasteiger partial charge on any atom is 0.323 e. The number of sulfonamides is 1. The van der Waals surface area contributed by atoms with Crippen molar-refractivity contribution in [3.8, 4) is 0 Å². The molecule has 0 saturated heterocycles. The highest BCUT2D eigenvalue weighted by Crippen LogP contribution is 1.97. The van der Waals surface area contributed by atoms with Gasteiger partial charge in [0, 0.05) is 0 Å². The van der Waals surface area contributed by atoms with Crippen molar-refractivity contribution < 1.29 is 17.9 Å². The van der Waals surface area contributed by atoms with Gasteiger partial charge in [0.15, 0.2) is 0 Å². The maximum atomic E-state index is 11.4. The maximum absolute atomic E-state index is 11.4. The molecule has 15 heavy (non-hydrogen) atoms. The van der Waals surface area contributed by atoms with Crippen molar-refractivity contribution in [3.05, 3.63) is 0 Å². The van der Waals surface area contributed by atoms with Crippen LogP contribution in [0.25, 0.3) is 0 Å².